The Morgan fingerprint density at radius 2 is 2.18 bits per heavy atom. The van der Waals surface area contributed by atoms with Crippen LogP contribution in [0.3, 0.4) is 0 Å². The average Bonchev–Trinajstić information content (AvgIpc) is 2.65. The second-order valence-electron chi connectivity index (χ2n) is 4.47. The molecule has 0 saturated carbocycles. The molecule has 88 valence electrons. The molecule has 1 aromatic carbocycles. The highest BCUT2D eigenvalue weighted by molar-refractivity contribution is 9.10. The van der Waals surface area contributed by atoms with E-state index in [0.29, 0.717) is 0 Å². The van der Waals surface area contributed by atoms with Crippen LogP contribution in [0.1, 0.15) is 16.7 Å². The third-order valence-electron chi connectivity index (χ3n) is 3.18. The Labute approximate surface area is 114 Å². The van der Waals surface area contributed by atoms with E-state index < -0.39 is 0 Å². The SMILES string of the molecule is Cc1cc(Br)c(C)c2c1SCc1cn(C)nc1-2. The van der Waals surface area contributed by atoms with E-state index in [1.165, 1.54) is 31.6 Å². The van der Waals surface area contributed by atoms with Gasteiger partial charge >= 0.3 is 0 Å². The van der Waals surface area contributed by atoms with Gasteiger partial charge in [0.25, 0.3) is 0 Å². The number of aryl methyl sites for hydroxylation is 2. The van der Waals surface area contributed by atoms with Crippen molar-refractivity contribution in [3.05, 3.63) is 33.4 Å². The third-order valence-corrected chi connectivity index (χ3v) is 5.27. The van der Waals surface area contributed by atoms with Crippen molar-refractivity contribution in [1.29, 1.82) is 0 Å². The molecule has 0 bridgehead atoms. The number of hydrogen-bond acceptors (Lipinski definition) is 2. The second kappa shape index (κ2) is 3.89. The van der Waals surface area contributed by atoms with Crippen LogP contribution in [0.5, 0.6) is 0 Å². The molecule has 0 fully saturated rings. The molecule has 1 aliphatic heterocycles. The Morgan fingerprint density at radius 3 is 2.94 bits per heavy atom. The molecule has 17 heavy (non-hydrogen) atoms. The molecule has 0 spiro atoms. The van der Waals surface area contributed by atoms with E-state index in [-0.39, 0.29) is 0 Å². The van der Waals surface area contributed by atoms with Crippen molar-refractivity contribution in [2.24, 2.45) is 7.05 Å². The molecule has 0 amide bonds. The molecule has 4 heteroatoms. The Bertz CT molecular complexity index is 616. The normalized spacial score (nSPS) is 13.4. The molecule has 0 aliphatic carbocycles. The van der Waals surface area contributed by atoms with Crippen molar-refractivity contribution in [3.8, 4) is 11.3 Å². The molecule has 1 aliphatic rings. The van der Waals surface area contributed by atoms with Gasteiger partial charge in [-0.2, -0.15) is 5.10 Å². The van der Waals surface area contributed by atoms with E-state index in [1.807, 2.05) is 23.5 Å². The third kappa shape index (κ3) is 1.66. The lowest BCUT2D eigenvalue weighted by atomic mass is 10.00. The smallest absolute Gasteiger partial charge is 0.0977 e. The van der Waals surface area contributed by atoms with Crippen molar-refractivity contribution >= 4 is 27.7 Å². The molecule has 3 rings (SSSR count). The van der Waals surface area contributed by atoms with Crippen molar-refractivity contribution in [2.45, 2.75) is 24.5 Å². The summed E-state index contributed by atoms with van der Waals surface area (Å²) in [4.78, 5) is 1.39. The van der Waals surface area contributed by atoms with Crippen LogP contribution in [-0.4, -0.2) is 9.78 Å². The van der Waals surface area contributed by atoms with Crippen LogP contribution in [-0.2, 0) is 12.8 Å². The van der Waals surface area contributed by atoms with Crippen LogP contribution in [0.15, 0.2) is 21.6 Å². The predicted molar refractivity (Wildman–Crippen MR) is 75.4 cm³/mol. The molecule has 0 unspecified atom stereocenters. The number of aromatic nitrogens is 2. The lowest BCUT2D eigenvalue weighted by molar-refractivity contribution is 0.769. The summed E-state index contributed by atoms with van der Waals surface area (Å²) in [6.07, 6.45) is 2.13. The number of benzene rings is 1. The topological polar surface area (TPSA) is 17.8 Å². The van der Waals surface area contributed by atoms with Gasteiger partial charge in [0.05, 0.1) is 5.69 Å². The Balaban J connectivity index is 2.37. The van der Waals surface area contributed by atoms with Gasteiger partial charge in [-0.1, -0.05) is 15.9 Å². The first-order chi connectivity index (χ1) is 8.08. The van der Waals surface area contributed by atoms with Crippen molar-refractivity contribution in [1.82, 2.24) is 9.78 Å². The molecule has 0 radical (unpaired) electrons. The summed E-state index contributed by atoms with van der Waals surface area (Å²) in [6.45, 7) is 4.33. The summed E-state index contributed by atoms with van der Waals surface area (Å²) >= 11 is 5.56. The highest BCUT2D eigenvalue weighted by Gasteiger charge is 2.24. The zero-order valence-corrected chi connectivity index (χ0v) is 12.4. The predicted octanol–water partition coefficient (Wildman–Crippen LogP) is 4.07. The van der Waals surface area contributed by atoms with Gasteiger partial charge in [0, 0.05) is 39.5 Å². The fraction of sp³-hybridized carbons (Fsp3) is 0.308. The first-order valence-electron chi connectivity index (χ1n) is 5.53. The monoisotopic (exact) mass is 308 g/mol. The minimum atomic E-state index is 1.03. The number of thioether (sulfide) groups is 1. The number of hydrogen-bond donors (Lipinski definition) is 0. The highest BCUT2D eigenvalue weighted by atomic mass is 79.9. The van der Waals surface area contributed by atoms with Gasteiger partial charge in [-0.25, -0.2) is 0 Å². The van der Waals surface area contributed by atoms with Crippen LogP contribution < -0.4 is 0 Å². The molecular formula is C13H13BrN2S. The maximum Gasteiger partial charge on any atom is 0.0977 e. The van der Waals surface area contributed by atoms with Gasteiger partial charge in [0.1, 0.15) is 0 Å². The number of halogens is 1. The molecule has 2 nitrogen and oxygen atoms in total. The van der Waals surface area contributed by atoms with Crippen LogP contribution in [0.25, 0.3) is 11.3 Å². The van der Waals surface area contributed by atoms with Crippen molar-refractivity contribution < 1.29 is 0 Å². The zero-order chi connectivity index (χ0) is 12.2. The van der Waals surface area contributed by atoms with Crippen LogP contribution >= 0.6 is 27.7 Å². The van der Waals surface area contributed by atoms with Gasteiger partial charge in [0.15, 0.2) is 0 Å². The van der Waals surface area contributed by atoms with E-state index in [2.05, 4.69) is 47.1 Å². The quantitative estimate of drug-likeness (QED) is 0.730. The van der Waals surface area contributed by atoms with E-state index in [9.17, 15) is 0 Å². The van der Waals surface area contributed by atoms with Gasteiger partial charge < -0.3 is 0 Å². The minimum Gasteiger partial charge on any atom is -0.275 e. The average molecular weight is 309 g/mol. The van der Waals surface area contributed by atoms with Gasteiger partial charge in [0.2, 0.25) is 0 Å². The first kappa shape index (κ1) is 11.4. The molecular weight excluding hydrogens is 296 g/mol. The molecule has 0 N–H and O–H groups in total. The van der Waals surface area contributed by atoms with E-state index in [0.717, 1.165) is 11.4 Å². The second-order valence-corrected chi connectivity index (χ2v) is 6.31. The summed E-state index contributed by atoms with van der Waals surface area (Å²) in [5.74, 6) is 1.03. The van der Waals surface area contributed by atoms with Gasteiger partial charge in [-0.3, -0.25) is 4.68 Å². The van der Waals surface area contributed by atoms with Gasteiger partial charge in [-0.05, 0) is 31.0 Å². The van der Waals surface area contributed by atoms with E-state index in [4.69, 9.17) is 0 Å². The molecule has 2 heterocycles. The van der Waals surface area contributed by atoms with Crippen molar-refractivity contribution in [3.63, 3.8) is 0 Å². The van der Waals surface area contributed by atoms with Crippen LogP contribution in [0.4, 0.5) is 0 Å². The number of nitrogens with zero attached hydrogens (tertiary/aromatic N) is 2. The summed E-state index contributed by atoms with van der Waals surface area (Å²) in [6, 6.07) is 2.20. The van der Waals surface area contributed by atoms with Crippen LogP contribution in [0, 0.1) is 13.8 Å². The Morgan fingerprint density at radius 1 is 1.41 bits per heavy atom. The molecule has 0 saturated heterocycles. The maximum absolute atomic E-state index is 4.62. The van der Waals surface area contributed by atoms with E-state index in [1.54, 1.807) is 0 Å². The zero-order valence-electron chi connectivity index (χ0n) is 10.0. The maximum atomic E-state index is 4.62. The number of fused-ring (bicyclic) bond motifs is 3. The Hall–Kier alpha value is -0.740. The fourth-order valence-corrected chi connectivity index (χ4v) is 4.06. The van der Waals surface area contributed by atoms with Crippen molar-refractivity contribution in [2.75, 3.05) is 0 Å². The highest BCUT2D eigenvalue weighted by Crippen LogP contribution is 2.45. The number of rotatable bonds is 0. The lowest BCUT2D eigenvalue weighted by Gasteiger charge is -2.20. The molecule has 1 aromatic heterocycles. The summed E-state index contributed by atoms with van der Waals surface area (Å²) in [5.41, 5.74) is 6.43. The summed E-state index contributed by atoms with van der Waals surface area (Å²) < 4.78 is 3.09. The molecule has 0 atom stereocenters. The first-order valence-corrected chi connectivity index (χ1v) is 7.31. The van der Waals surface area contributed by atoms with Crippen LogP contribution in [0.2, 0.25) is 0 Å². The molecule has 2 aromatic rings. The minimum absolute atomic E-state index is 1.03. The standard InChI is InChI=1S/C13H13BrN2S/c1-7-4-10(14)8(2)11-12-9(5-16(3)15-12)6-17-13(7)11/h4-5H,6H2,1-3H3. The summed E-state index contributed by atoms with van der Waals surface area (Å²) in [5, 5.41) is 4.62. The summed E-state index contributed by atoms with van der Waals surface area (Å²) in [7, 11) is 1.99. The largest absolute Gasteiger partial charge is 0.275 e. The Kier molecular flexibility index (Phi) is 2.60. The lowest BCUT2D eigenvalue weighted by Crippen LogP contribution is -2.00. The van der Waals surface area contributed by atoms with E-state index >= 15 is 0 Å². The van der Waals surface area contributed by atoms with Gasteiger partial charge in [-0.15, -0.1) is 11.8 Å². The fourth-order valence-electron chi connectivity index (χ4n) is 2.33.